The summed E-state index contributed by atoms with van der Waals surface area (Å²) < 4.78 is 10.9. The van der Waals surface area contributed by atoms with Crippen LogP contribution < -0.4 is 14.8 Å². The quantitative estimate of drug-likeness (QED) is 0.406. The second-order valence-electron chi connectivity index (χ2n) is 4.37. The molecule has 0 aliphatic heterocycles. The summed E-state index contributed by atoms with van der Waals surface area (Å²) in [6.07, 6.45) is 1.91. The SMILES string of the molecule is CCCNCCOc1cc(OCCC)cc([N+](=O)[O-])c1. The maximum atomic E-state index is 10.9. The molecule has 0 unspecified atom stereocenters. The average molecular weight is 282 g/mol. The average Bonchev–Trinajstić information content (AvgIpc) is 2.44. The van der Waals surface area contributed by atoms with E-state index in [1.54, 1.807) is 6.07 Å². The minimum atomic E-state index is -0.443. The molecule has 1 aromatic carbocycles. The van der Waals surface area contributed by atoms with Crippen LogP contribution in [0.1, 0.15) is 26.7 Å². The lowest BCUT2D eigenvalue weighted by atomic mass is 10.3. The Morgan fingerprint density at radius 1 is 1.05 bits per heavy atom. The van der Waals surface area contributed by atoms with Gasteiger partial charge in [-0.05, 0) is 19.4 Å². The molecular formula is C14H22N2O4. The normalized spacial score (nSPS) is 10.3. The third-order valence-corrected chi connectivity index (χ3v) is 2.52. The Kier molecular flexibility index (Phi) is 7.42. The summed E-state index contributed by atoms with van der Waals surface area (Å²) in [5.41, 5.74) is -0.0184. The molecule has 0 aliphatic rings. The standard InChI is InChI=1S/C14H22N2O4/c1-3-5-15-6-8-20-14-10-12(16(17)18)9-13(11-14)19-7-4-2/h9-11,15H,3-8H2,1-2H3. The van der Waals surface area contributed by atoms with E-state index < -0.39 is 4.92 Å². The number of hydrogen-bond donors (Lipinski definition) is 1. The second-order valence-corrected chi connectivity index (χ2v) is 4.37. The maximum Gasteiger partial charge on any atom is 0.276 e. The smallest absolute Gasteiger partial charge is 0.276 e. The van der Waals surface area contributed by atoms with Crippen molar-refractivity contribution < 1.29 is 14.4 Å². The van der Waals surface area contributed by atoms with Gasteiger partial charge in [0.2, 0.25) is 0 Å². The molecule has 0 atom stereocenters. The molecule has 0 heterocycles. The van der Waals surface area contributed by atoms with Crippen LogP contribution in [0.15, 0.2) is 18.2 Å². The van der Waals surface area contributed by atoms with Crippen LogP contribution in [0.3, 0.4) is 0 Å². The number of nitro groups is 1. The molecule has 6 nitrogen and oxygen atoms in total. The van der Waals surface area contributed by atoms with E-state index in [4.69, 9.17) is 9.47 Å². The molecular weight excluding hydrogens is 260 g/mol. The highest BCUT2D eigenvalue weighted by Gasteiger charge is 2.11. The van der Waals surface area contributed by atoms with Crippen LogP contribution >= 0.6 is 0 Å². The van der Waals surface area contributed by atoms with Gasteiger partial charge in [-0.15, -0.1) is 0 Å². The Hall–Kier alpha value is -1.82. The largest absolute Gasteiger partial charge is 0.493 e. The van der Waals surface area contributed by atoms with Crippen LogP contribution in [0.4, 0.5) is 5.69 Å². The van der Waals surface area contributed by atoms with Crippen molar-refractivity contribution in [2.45, 2.75) is 26.7 Å². The van der Waals surface area contributed by atoms with Crippen molar-refractivity contribution in [2.75, 3.05) is 26.3 Å². The summed E-state index contributed by atoms with van der Waals surface area (Å²) >= 11 is 0. The second kappa shape index (κ2) is 9.14. The lowest BCUT2D eigenvalue weighted by Gasteiger charge is -2.09. The Balaban J connectivity index is 2.63. The van der Waals surface area contributed by atoms with E-state index in [1.165, 1.54) is 12.1 Å². The minimum Gasteiger partial charge on any atom is -0.493 e. The van der Waals surface area contributed by atoms with Gasteiger partial charge in [0.15, 0.2) is 0 Å². The Bertz CT molecular complexity index is 424. The molecule has 1 N–H and O–H groups in total. The Labute approximate surface area is 119 Å². The number of nitro benzene ring substituents is 1. The van der Waals surface area contributed by atoms with Gasteiger partial charge >= 0.3 is 0 Å². The Morgan fingerprint density at radius 2 is 1.70 bits per heavy atom. The first kappa shape index (κ1) is 16.2. The molecule has 1 rings (SSSR count). The number of hydrogen-bond acceptors (Lipinski definition) is 5. The third kappa shape index (κ3) is 5.88. The zero-order valence-electron chi connectivity index (χ0n) is 12.1. The highest BCUT2D eigenvalue weighted by molar-refractivity contribution is 5.46. The number of nitrogens with one attached hydrogen (secondary N) is 1. The van der Waals surface area contributed by atoms with Crippen molar-refractivity contribution in [2.24, 2.45) is 0 Å². The number of ether oxygens (including phenoxy) is 2. The number of non-ortho nitro benzene ring substituents is 1. The fraction of sp³-hybridized carbons (Fsp3) is 0.571. The van der Waals surface area contributed by atoms with Gasteiger partial charge in [0.25, 0.3) is 5.69 Å². The minimum absolute atomic E-state index is 0.0184. The summed E-state index contributed by atoms with van der Waals surface area (Å²) in [7, 11) is 0. The van der Waals surface area contributed by atoms with Gasteiger partial charge in [-0.3, -0.25) is 10.1 Å². The van der Waals surface area contributed by atoms with E-state index in [-0.39, 0.29) is 5.69 Å². The zero-order chi connectivity index (χ0) is 14.8. The summed E-state index contributed by atoms with van der Waals surface area (Å²) in [4.78, 5) is 10.4. The van der Waals surface area contributed by atoms with Crippen LogP contribution in [0.5, 0.6) is 11.5 Å². The van der Waals surface area contributed by atoms with Crippen molar-refractivity contribution in [1.82, 2.24) is 5.32 Å². The van der Waals surface area contributed by atoms with Crippen LogP contribution in [0.25, 0.3) is 0 Å². The van der Waals surface area contributed by atoms with Gasteiger partial charge < -0.3 is 14.8 Å². The molecule has 0 aromatic heterocycles. The van der Waals surface area contributed by atoms with Gasteiger partial charge in [0, 0.05) is 12.6 Å². The fourth-order valence-corrected chi connectivity index (χ4v) is 1.59. The van der Waals surface area contributed by atoms with E-state index in [9.17, 15) is 10.1 Å². The predicted octanol–water partition coefficient (Wildman–Crippen LogP) is 2.76. The lowest BCUT2D eigenvalue weighted by molar-refractivity contribution is -0.385. The molecule has 0 saturated carbocycles. The van der Waals surface area contributed by atoms with Crippen molar-refractivity contribution in [3.8, 4) is 11.5 Å². The van der Waals surface area contributed by atoms with E-state index in [1.807, 2.05) is 6.92 Å². The maximum absolute atomic E-state index is 10.9. The molecule has 20 heavy (non-hydrogen) atoms. The molecule has 0 fully saturated rings. The van der Waals surface area contributed by atoms with E-state index >= 15 is 0 Å². The molecule has 0 spiro atoms. The molecule has 0 bridgehead atoms. The first-order valence-corrected chi connectivity index (χ1v) is 6.93. The molecule has 112 valence electrons. The van der Waals surface area contributed by atoms with Gasteiger partial charge in [-0.25, -0.2) is 0 Å². The number of rotatable bonds is 10. The highest BCUT2D eigenvalue weighted by Crippen LogP contribution is 2.27. The zero-order valence-corrected chi connectivity index (χ0v) is 12.1. The van der Waals surface area contributed by atoms with Crippen LogP contribution in [-0.2, 0) is 0 Å². The third-order valence-electron chi connectivity index (χ3n) is 2.52. The first-order chi connectivity index (χ1) is 9.67. The summed E-state index contributed by atoms with van der Waals surface area (Å²) in [5, 5.41) is 14.1. The van der Waals surface area contributed by atoms with Gasteiger partial charge in [0.05, 0.1) is 23.7 Å². The van der Waals surface area contributed by atoms with E-state index in [0.29, 0.717) is 31.3 Å². The molecule has 0 aliphatic carbocycles. The first-order valence-electron chi connectivity index (χ1n) is 6.93. The van der Waals surface area contributed by atoms with Crippen molar-refractivity contribution >= 4 is 5.69 Å². The number of nitrogens with zero attached hydrogens (tertiary/aromatic N) is 1. The van der Waals surface area contributed by atoms with Crippen molar-refractivity contribution in [3.05, 3.63) is 28.3 Å². The van der Waals surface area contributed by atoms with E-state index in [2.05, 4.69) is 12.2 Å². The van der Waals surface area contributed by atoms with Crippen LogP contribution in [0, 0.1) is 10.1 Å². The molecule has 0 saturated heterocycles. The fourth-order valence-electron chi connectivity index (χ4n) is 1.59. The summed E-state index contributed by atoms with van der Waals surface area (Å²) in [5.74, 6) is 0.932. The summed E-state index contributed by atoms with van der Waals surface area (Å²) in [6, 6.07) is 4.51. The molecule has 0 radical (unpaired) electrons. The Morgan fingerprint density at radius 3 is 2.25 bits per heavy atom. The van der Waals surface area contributed by atoms with Crippen LogP contribution in [-0.4, -0.2) is 31.2 Å². The molecule has 0 amide bonds. The van der Waals surface area contributed by atoms with Gasteiger partial charge in [0.1, 0.15) is 18.1 Å². The van der Waals surface area contributed by atoms with Gasteiger partial charge in [-0.2, -0.15) is 0 Å². The van der Waals surface area contributed by atoms with Crippen LogP contribution in [0.2, 0.25) is 0 Å². The molecule has 1 aromatic rings. The van der Waals surface area contributed by atoms with Gasteiger partial charge in [-0.1, -0.05) is 13.8 Å². The van der Waals surface area contributed by atoms with Crippen molar-refractivity contribution in [3.63, 3.8) is 0 Å². The lowest BCUT2D eigenvalue weighted by Crippen LogP contribution is -2.21. The van der Waals surface area contributed by atoms with E-state index in [0.717, 1.165) is 19.4 Å². The monoisotopic (exact) mass is 282 g/mol. The highest BCUT2D eigenvalue weighted by atomic mass is 16.6. The number of benzene rings is 1. The predicted molar refractivity (Wildman–Crippen MR) is 77.5 cm³/mol. The molecule has 6 heteroatoms. The van der Waals surface area contributed by atoms with Crippen molar-refractivity contribution in [1.29, 1.82) is 0 Å². The topological polar surface area (TPSA) is 73.6 Å². The summed E-state index contributed by atoms with van der Waals surface area (Å²) in [6.45, 7) is 6.71.